The van der Waals surface area contributed by atoms with Crippen LogP contribution in [0.3, 0.4) is 0 Å². The second-order valence-corrected chi connectivity index (χ2v) is 6.59. The van der Waals surface area contributed by atoms with E-state index in [-0.39, 0.29) is 0 Å². The first-order valence-corrected chi connectivity index (χ1v) is 7.58. The second-order valence-electron chi connectivity index (χ2n) is 5.51. The predicted molar refractivity (Wildman–Crippen MR) is 89.6 cm³/mol. The summed E-state index contributed by atoms with van der Waals surface area (Å²) in [6, 6.07) is 12.2. The van der Waals surface area contributed by atoms with Gasteiger partial charge in [-0.2, -0.15) is 0 Å². The first-order chi connectivity index (χ1) is 9.97. The molecule has 0 unspecified atom stereocenters. The highest BCUT2D eigenvalue weighted by Gasteiger charge is 2.23. The van der Waals surface area contributed by atoms with Gasteiger partial charge in [-0.1, -0.05) is 11.8 Å². The van der Waals surface area contributed by atoms with Crippen LogP contribution in [0.2, 0.25) is 0 Å². The summed E-state index contributed by atoms with van der Waals surface area (Å²) < 4.78 is 0. The lowest BCUT2D eigenvalue weighted by Gasteiger charge is -2.29. The third kappa shape index (κ3) is 2.43. The number of hydrogen-bond acceptors (Lipinski definition) is 5. The maximum atomic E-state index is 10.5. The Bertz CT molecular complexity index is 628. The molecule has 5 heteroatoms. The highest BCUT2D eigenvalue weighted by molar-refractivity contribution is 7.99. The van der Waals surface area contributed by atoms with Crippen LogP contribution in [-0.2, 0) is 0 Å². The zero-order chi connectivity index (χ0) is 15.1. The van der Waals surface area contributed by atoms with Crippen LogP contribution in [0.25, 0.3) is 0 Å². The Balaban J connectivity index is 2.06. The van der Waals surface area contributed by atoms with Crippen LogP contribution >= 0.6 is 11.8 Å². The van der Waals surface area contributed by atoms with E-state index in [4.69, 9.17) is 0 Å². The molecule has 110 valence electrons. The highest BCUT2D eigenvalue weighted by atomic mass is 32.2. The van der Waals surface area contributed by atoms with Crippen LogP contribution in [-0.4, -0.2) is 33.4 Å². The van der Waals surface area contributed by atoms with Gasteiger partial charge in [0.05, 0.1) is 11.4 Å². The van der Waals surface area contributed by atoms with Gasteiger partial charge in [-0.15, -0.1) is 0 Å². The molecule has 0 aromatic heterocycles. The van der Waals surface area contributed by atoms with Crippen molar-refractivity contribution in [2.24, 2.45) is 0 Å². The normalized spacial score (nSPS) is 12.7. The summed E-state index contributed by atoms with van der Waals surface area (Å²) in [4.78, 5) is 6.25. The first-order valence-electron chi connectivity index (χ1n) is 6.77. The molecule has 2 aromatic rings. The molecule has 21 heavy (non-hydrogen) atoms. The van der Waals surface area contributed by atoms with Gasteiger partial charge >= 0.3 is 0 Å². The Hall–Kier alpha value is -1.85. The summed E-state index contributed by atoms with van der Waals surface area (Å²) in [5.74, 6) is 0. The Morgan fingerprint density at radius 2 is 1.24 bits per heavy atom. The van der Waals surface area contributed by atoms with Gasteiger partial charge < -0.3 is 9.80 Å². The molecule has 1 heterocycles. The molecule has 0 atom stereocenters. The van der Waals surface area contributed by atoms with Crippen molar-refractivity contribution < 1.29 is 5.21 Å². The minimum absolute atomic E-state index is 0.829. The molecule has 0 fully saturated rings. The Morgan fingerprint density at radius 1 is 0.810 bits per heavy atom. The summed E-state index contributed by atoms with van der Waals surface area (Å²) in [5.41, 5.74) is 3.91. The van der Waals surface area contributed by atoms with Crippen molar-refractivity contribution in [2.45, 2.75) is 9.79 Å². The summed E-state index contributed by atoms with van der Waals surface area (Å²) >= 11 is 1.69. The molecule has 1 aliphatic rings. The monoisotopic (exact) mass is 301 g/mol. The number of nitrogens with zero attached hydrogens (tertiary/aromatic N) is 3. The van der Waals surface area contributed by atoms with Gasteiger partial charge in [-0.05, 0) is 36.4 Å². The molecule has 4 nitrogen and oxygen atoms in total. The molecule has 2 aromatic carbocycles. The Morgan fingerprint density at radius 3 is 1.62 bits per heavy atom. The van der Waals surface area contributed by atoms with Gasteiger partial charge in [0.2, 0.25) is 0 Å². The molecular formula is C16H19N3OS. The summed E-state index contributed by atoms with van der Waals surface area (Å²) in [5, 5.41) is 11.7. The van der Waals surface area contributed by atoms with Crippen LogP contribution in [0.15, 0.2) is 46.2 Å². The van der Waals surface area contributed by atoms with Gasteiger partial charge in [-0.3, -0.25) is 5.21 Å². The zero-order valence-electron chi connectivity index (χ0n) is 12.7. The van der Waals surface area contributed by atoms with Crippen LogP contribution in [0.5, 0.6) is 0 Å². The van der Waals surface area contributed by atoms with Crippen molar-refractivity contribution >= 4 is 34.5 Å². The molecule has 0 radical (unpaired) electrons. The second kappa shape index (κ2) is 5.16. The van der Waals surface area contributed by atoms with Crippen molar-refractivity contribution in [3.05, 3.63) is 36.4 Å². The SMILES string of the molecule is CN(C)c1ccc2c(c1)Sc1cc(N(C)C)ccc1N2O. The van der Waals surface area contributed by atoms with Crippen LogP contribution < -0.4 is 14.9 Å². The Labute approximate surface area is 129 Å². The van der Waals surface area contributed by atoms with E-state index in [2.05, 4.69) is 21.9 Å². The topological polar surface area (TPSA) is 30.0 Å². The maximum Gasteiger partial charge on any atom is 0.0834 e. The number of anilines is 4. The molecule has 0 saturated heterocycles. The van der Waals surface area contributed by atoms with Gasteiger partial charge in [-0.25, -0.2) is 5.06 Å². The van der Waals surface area contributed by atoms with Crippen LogP contribution in [0.1, 0.15) is 0 Å². The third-order valence-electron chi connectivity index (χ3n) is 3.60. The molecule has 0 saturated carbocycles. The molecule has 0 aliphatic carbocycles. The molecule has 0 bridgehead atoms. The van der Waals surface area contributed by atoms with E-state index in [1.807, 2.05) is 52.5 Å². The molecule has 1 aliphatic heterocycles. The van der Waals surface area contributed by atoms with E-state index >= 15 is 0 Å². The third-order valence-corrected chi connectivity index (χ3v) is 4.69. The largest absolute Gasteiger partial charge is 0.378 e. The lowest BCUT2D eigenvalue weighted by molar-refractivity contribution is 0.296. The quantitative estimate of drug-likeness (QED) is 0.911. The molecule has 3 rings (SSSR count). The Kier molecular flexibility index (Phi) is 3.47. The molecular weight excluding hydrogens is 282 g/mol. The van der Waals surface area contributed by atoms with Crippen molar-refractivity contribution in [2.75, 3.05) is 43.1 Å². The van der Waals surface area contributed by atoms with Crippen molar-refractivity contribution in [3.63, 3.8) is 0 Å². The van der Waals surface area contributed by atoms with Gasteiger partial charge in [0.15, 0.2) is 0 Å². The van der Waals surface area contributed by atoms with Crippen LogP contribution in [0, 0.1) is 0 Å². The predicted octanol–water partition coefficient (Wildman–Crippen LogP) is 3.81. The zero-order valence-corrected chi connectivity index (χ0v) is 13.5. The van der Waals surface area contributed by atoms with E-state index < -0.39 is 0 Å². The van der Waals surface area contributed by atoms with E-state index in [0.717, 1.165) is 32.5 Å². The van der Waals surface area contributed by atoms with E-state index in [0.29, 0.717) is 0 Å². The van der Waals surface area contributed by atoms with Crippen LogP contribution in [0.4, 0.5) is 22.7 Å². The van der Waals surface area contributed by atoms with Crippen molar-refractivity contribution in [1.82, 2.24) is 0 Å². The molecule has 1 N–H and O–H groups in total. The molecule has 0 amide bonds. The number of fused-ring (bicyclic) bond motifs is 2. The standard InChI is InChI=1S/C16H19N3OS/c1-17(2)11-5-7-13-15(9-11)21-16-10-12(18(3)4)6-8-14(16)19(13)20/h5-10,20H,1-4H3. The average Bonchev–Trinajstić information content (AvgIpc) is 2.46. The van der Waals surface area contributed by atoms with E-state index in [1.165, 1.54) is 5.06 Å². The lowest BCUT2D eigenvalue weighted by Crippen LogP contribution is -2.17. The lowest BCUT2D eigenvalue weighted by atomic mass is 10.2. The minimum atomic E-state index is 0.829. The number of benzene rings is 2. The van der Waals surface area contributed by atoms with Crippen molar-refractivity contribution in [3.8, 4) is 0 Å². The smallest absolute Gasteiger partial charge is 0.0834 e. The highest BCUT2D eigenvalue weighted by Crippen LogP contribution is 2.49. The molecule has 0 spiro atoms. The average molecular weight is 301 g/mol. The first kappa shape index (κ1) is 14.1. The summed E-state index contributed by atoms with van der Waals surface area (Å²) in [6.45, 7) is 0. The number of rotatable bonds is 2. The van der Waals surface area contributed by atoms with E-state index in [1.54, 1.807) is 11.8 Å². The summed E-state index contributed by atoms with van der Waals surface area (Å²) in [6.07, 6.45) is 0. The fourth-order valence-corrected chi connectivity index (χ4v) is 3.44. The van der Waals surface area contributed by atoms with Gasteiger partial charge in [0, 0.05) is 49.4 Å². The van der Waals surface area contributed by atoms with Crippen molar-refractivity contribution in [1.29, 1.82) is 0 Å². The number of hydrogen-bond donors (Lipinski definition) is 1. The fourth-order valence-electron chi connectivity index (χ4n) is 2.32. The summed E-state index contributed by atoms with van der Waals surface area (Å²) in [7, 11) is 8.07. The minimum Gasteiger partial charge on any atom is -0.378 e. The van der Waals surface area contributed by atoms with Gasteiger partial charge in [0.1, 0.15) is 0 Å². The van der Waals surface area contributed by atoms with Gasteiger partial charge in [0.25, 0.3) is 0 Å². The van der Waals surface area contributed by atoms with E-state index in [9.17, 15) is 5.21 Å². The fraction of sp³-hybridized carbons (Fsp3) is 0.250. The maximum absolute atomic E-state index is 10.5.